The Hall–Kier alpha value is -2.20. The predicted octanol–water partition coefficient (Wildman–Crippen LogP) is 1.46. The highest BCUT2D eigenvalue weighted by Crippen LogP contribution is 2.22. The van der Waals surface area contributed by atoms with E-state index in [1.54, 1.807) is 0 Å². The van der Waals surface area contributed by atoms with Crippen LogP contribution in [0.25, 0.3) is 0 Å². The number of terminal acetylenes is 1. The zero-order chi connectivity index (χ0) is 22.1. The number of nitrogens with zero attached hydrogens (tertiary/aromatic N) is 2. The summed E-state index contributed by atoms with van der Waals surface area (Å²) in [4.78, 5) is 51.5. The zero-order valence-electron chi connectivity index (χ0n) is 18.2. The predicted molar refractivity (Wildman–Crippen MR) is 109 cm³/mol. The van der Waals surface area contributed by atoms with Gasteiger partial charge in [-0.2, -0.15) is 0 Å². The topological polar surface area (TPSA) is 86.8 Å². The Morgan fingerprint density at radius 2 is 1.75 bits per heavy atom. The van der Waals surface area contributed by atoms with E-state index in [4.69, 9.17) is 6.42 Å². The van der Waals surface area contributed by atoms with E-state index in [9.17, 15) is 19.2 Å². The maximum atomic E-state index is 13.2. The summed E-state index contributed by atoms with van der Waals surface area (Å²) >= 11 is 0. The summed E-state index contributed by atoms with van der Waals surface area (Å²) in [6, 6.07) is -1.76. The minimum atomic E-state index is -1.41. The lowest BCUT2D eigenvalue weighted by atomic mass is 9.93. The van der Waals surface area contributed by atoms with Crippen molar-refractivity contribution in [3.63, 3.8) is 0 Å². The van der Waals surface area contributed by atoms with Gasteiger partial charge in [0.05, 0.1) is 6.04 Å². The molecule has 3 atom stereocenters. The summed E-state index contributed by atoms with van der Waals surface area (Å²) in [7, 11) is 2.95. The van der Waals surface area contributed by atoms with E-state index in [1.807, 2.05) is 34.6 Å². The molecule has 0 aromatic carbocycles. The minimum absolute atomic E-state index is 0.0520. The second-order valence-corrected chi connectivity index (χ2v) is 7.91. The summed E-state index contributed by atoms with van der Waals surface area (Å²) < 4.78 is 0. The third-order valence-electron chi connectivity index (χ3n) is 4.76. The maximum absolute atomic E-state index is 13.2. The molecular formula is C21H35N3O4. The number of hydrogen-bond donors (Lipinski definition) is 1. The monoisotopic (exact) mass is 393 g/mol. The number of rotatable bonds is 12. The van der Waals surface area contributed by atoms with Gasteiger partial charge in [-0.1, -0.05) is 40.5 Å². The van der Waals surface area contributed by atoms with Gasteiger partial charge in [-0.15, -0.1) is 6.42 Å². The lowest BCUT2D eigenvalue weighted by molar-refractivity contribution is -0.150. The van der Waals surface area contributed by atoms with Gasteiger partial charge in [-0.3, -0.25) is 19.7 Å². The fraction of sp³-hybridized carbons (Fsp3) is 0.714. The Morgan fingerprint density at radius 3 is 2.11 bits per heavy atom. The fourth-order valence-corrected chi connectivity index (χ4v) is 2.99. The first kappa shape index (κ1) is 25.8. The van der Waals surface area contributed by atoms with Gasteiger partial charge in [-0.05, 0) is 24.7 Å². The average Bonchev–Trinajstić information content (AvgIpc) is 2.64. The van der Waals surface area contributed by atoms with Crippen molar-refractivity contribution >= 4 is 24.4 Å². The lowest BCUT2D eigenvalue weighted by Crippen LogP contribution is -2.67. The molecule has 7 nitrogen and oxygen atoms in total. The number of hydrogen-bond acceptors (Lipinski definition) is 5. The molecule has 0 saturated carbocycles. The van der Waals surface area contributed by atoms with Crippen molar-refractivity contribution in [2.75, 3.05) is 14.1 Å². The van der Waals surface area contributed by atoms with Crippen LogP contribution in [0.4, 0.5) is 0 Å². The zero-order valence-corrected chi connectivity index (χ0v) is 18.2. The van der Waals surface area contributed by atoms with E-state index in [2.05, 4.69) is 11.2 Å². The third-order valence-corrected chi connectivity index (χ3v) is 4.76. The van der Waals surface area contributed by atoms with E-state index >= 15 is 0 Å². The molecular weight excluding hydrogens is 358 g/mol. The Labute approximate surface area is 169 Å². The van der Waals surface area contributed by atoms with E-state index in [1.165, 1.54) is 23.9 Å². The number of amides is 2. The fourth-order valence-electron chi connectivity index (χ4n) is 2.99. The number of likely N-dealkylation sites (N-methyl/N-ethyl adjacent to an activating group) is 2. The molecule has 2 amide bonds. The summed E-state index contributed by atoms with van der Waals surface area (Å²) in [5, 5.41) is 3.05. The second-order valence-electron chi connectivity index (χ2n) is 7.91. The smallest absolute Gasteiger partial charge is 0.259 e. The molecule has 0 rings (SSSR count). The molecule has 0 aliphatic carbocycles. The van der Waals surface area contributed by atoms with Gasteiger partial charge < -0.3 is 14.6 Å². The number of carbonyl (C=O) groups is 4. The van der Waals surface area contributed by atoms with Crippen molar-refractivity contribution in [3.8, 4) is 12.3 Å². The van der Waals surface area contributed by atoms with Crippen LogP contribution in [0.3, 0.4) is 0 Å². The number of carbonyl (C=O) groups excluding carboxylic acids is 4. The maximum Gasteiger partial charge on any atom is 0.259 e. The molecule has 0 bridgehead atoms. The number of aldehydes is 2. The minimum Gasteiger partial charge on any atom is -0.324 e. The van der Waals surface area contributed by atoms with Crippen molar-refractivity contribution in [2.45, 2.75) is 71.6 Å². The van der Waals surface area contributed by atoms with Crippen LogP contribution in [0.2, 0.25) is 0 Å². The Kier molecular flexibility index (Phi) is 10.7. The molecule has 0 aliphatic rings. The van der Waals surface area contributed by atoms with Gasteiger partial charge in [0.25, 0.3) is 5.91 Å². The SMILES string of the molecule is C#CC(C(=O)N(C)C(C=O)(CC(C)C)NC(C=O)C(C)C)N(C)C(=O)CCC. The van der Waals surface area contributed by atoms with E-state index in [-0.39, 0.29) is 24.2 Å². The quantitative estimate of drug-likeness (QED) is 0.308. The highest BCUT2D eigenvalue weighted by molar-refractivity contribution is 5.92. The molecule has 28 heavy (non-hydrogen) atoms. The molecule has 158 valence electrons. The molecule has 3 unspecified atom stereocenters. The Bertz CT molecular complexity index is 597. The van der Waals surface area contributed by atoms with Crippen molar-refractivity contribution < 1.29 is 19.2 Å². The largest absolute Gasteiger partial charge is 0.324 e. The molecule has 0 saturated heterocycles. The second kappa shape index (κ2) is 11.6. The first-order valence-corrected chi connectivity index (χ1v) is 9.70. The van der Waals surface area contributed by atoms with Crippen molar-refractivity contribution in [3.05, 3.63) is 0 Å². The van der Waals surface area contributed by atoms with Crippen molar-refractivity contribution in [1.29, 1.82) is 0 Å². The first-order valence-electron chi connectivity index (χ1n) is 9.70. The van der Waals surface area contributed by atoms with Gasteiger partial charge in [0.2, 0.25) is 5.91 Å². The molecule has 0 radical (unpaired) electrons. The van der Waals surface area contributed by atoms with Gasteiger partial charge in [-0.25, -0.2) is 0 Å². The third kappa shape index (κ3) is 6.45. The molecule has 0 aromatic heterocycles. The van der Waals surface area contributed by atoms with Crippen LogP contribution in [0.5, 0.6) is 0 Å². The van der Waals surface area contributed by atoms with Crippen molar-refractivity contribution in [2.24, 2.45) is 11.8 Å². The van der Waals surface area contributed by atoms with E-state index < -0.39 is 23.7 Å². The van der Waals surface area contributed by atoms with Crippen LogP contribution in [-0.2, 0) is 19.2 Å². The highest BCUT2D eigenvalue weighted by Gasteiger charge is 2.43. The normalized spacial score (nSPS) is 15.3. The summed E-state index contributed by atoms with van der Waals surface area (Å²) in [5.41, 5.74) is -1.41. The standard InChI is InChI=1S/C21H35N3O4/c1-9-11-19(27)23(7)18(10-2)20(28)24(8)21(14-26,12-15(3)4)22-17(13-25)16(5)6/h2,13-18,22H,9,11-12H2,1,3-8H3. The van der Waals surface area contributed by atoms with Crippen LogP contribution in [0, 0.1) is 24.2 Å². The molecule has 7 heteroatoms. The lowest BCUT2D eigenvalue weighted by Gasteiger charge is -2.43. The molecule has 0 aromatic rings. The molecule has 0 aliphatic heterocycles. The molecule has 0 heterocycles. The van der Waals surface area contributed by atoms with Crippen LogP contribution < -0.4 is 5.32 Å². The highest BCUT2D eigenvalue weighted by atomic mass is 16.2. The van der Waals surface area contributed by atoms with E-state index in [0.29, 0.717) is 19.1 Å². The number of nitrogens with one attached hydrogen (secondary N) is 1. The van der Waals surface area contributed by atoms with Gasteiger partial charge in [0.1, 0.15) is 6.29 Å². The van der Waals surface area contributed by atoms with Crippen molar-refractivity contribution in [1.82, 2.24) is 15.1 Å². The van der Waals surface area contributed by atoms with Gasteiger partial charge >= 0.3 is 0 Å². The first-order chi connectivity index (χ1) is 13.0. The van der Waals surface area contributed by atoms with Crippen LogP contribution in [0.15, 0.2) is 0 Å². The van der Waals surface area contributed by atoms with Gasteiger partial charge in [0.15, 0.2) is 18.0 Å². The van der Waals surface area contributed by atoms with Crippen LogP contribution >= 0.6 is 0 Å². The molecule has 1 N–H and O–H groups in total. The summed E-state index contributed by atoms with van der Waals surface area (Å²) in [6.07, 6.45) is 8.13. The Balaban J connectivity index is 5.96. The van der Waals surface area contributed by atoms with Gasteiger partial charge in [0, 0.05) is 20.5 Å². The summed E-state index contributed by atoms with van der Waals surface area (Å²) in [6.45, 7) is 9.39. The Morgan fingerprint density at radius 1 is 1.18 bits per heavy atom. The summed E-state index contributed by atoms with van der Waals surface area (Å²) in [5.74, 6) is 1.54. The molecule has 0 spiro atoms. The van der Waals surface area contributed by atoms with E-state index in [0.717, 1.165) is 6.29 Å². The average molecular weight is 394 g/mol. The van der Waals surface area contributed by atoms with Crippen LogP contribution in [0.1, 0.15) is 53.9 Å². The van der Waals surface area contributed by atoms with Crippen LogP contribution in [-0.4, -0.2) is 66.0 Å². The molecule has 0 fully saturated rings.